The van der Waals surface area contributed by atoms with Gasteiger partial charge in [0.15, 0.2) is 0 Å². The molecule has 5 N–H and O–H groups in total. The van der Waals surface area contributed by atoms with Crippen molar-refractivity contribution in [1.82, 2.24) is 9.71 Å². The third kappa shape index (κ3) is 10.5. The second-order valence-electron chi connectivity index (χ2n) is 5.89. The van der Waals surface area contributed by atoms with Crippen molar-refractivity contribution in [1.29, 1.82) is 0 Å². The number of methoxy groups -OCH3 is 1. The van der Waals surface area contributed by atoms with Gasteiger partial charge in [0.2, 0.25) is 10.0 Å². The maximum atomic E-state index is 12.4. The zero-order valence-corrected chi connectivity index (χ0v) is 18.1. The number of carbonyl (C=O) groups excluding carboxylic acids is 1. The fourth-order valence-electron chi connectivity index (χ4n) is 1.91. The normalized spacial score (nSPS) is 12.3. The molecule has 35 heavy (non-hydrogen) atoms. The Morgan fingerprint density at radius 1 is 1.06 bits per heavy atom. The van der Waals surface area contributed by atoms with Crippen molar-refractivity contribution >= 4 is 38.7 Å². The van der Waals surface area contributed by atoms with E-state index >= 15 is 0 Å². The van der Waals surface area contributed by atoms with Gasteiger partial charge in [-0.15, -0.1) is 0 Å². The van der Waals surface area contributed by atoms with Crippen LogP contribution in [0.1, 0.15) is 0 Å². The summed E-state index contributed by atoms with van der Waals surface area (Å²) in [5, 5.41) is 15.4. The predicted octanol–water partition coefficient (Wildman–Crippen LogP) is 1.28. The second kappa shape index (κ2) is 12.8. The SMILES string of the molecule is COC(=O)[C@H](CN)NS(=O)(=O)c1cccc2cnccc12.O=C(O)C(F)(F)F.O=C(O)C(F)(F)F. The van der Waals surface area contributed by atoms with Gasteiger partial charge in [-0.25, -0.2) is 18.0 Å². The van der Waals surface area contributed by atoms with Crippen molar-refractivity contribution in [2.24, 2.45) is 5.73 Å². The Balaban J connectivity index is 0.000000680. The Hall–Kier alpha value is -3.51. The number of carbonyl (C=O) groups is 3. The summed E-state index contributed by atoms with van der Waals surface area (Å²) in [5.41, 5.74) is 5.41. The van der Waals surface area contributed by atoms with Crippen LogP contribution in [0.5, 0.6) is 0 Å². The van der Waals surface area contributed by atoms with E-state index in [1.54, 1.807) is 24.4 Å². The van der Waals surface area contributed by atoms with E-state index in [4.69, 9.17) is 25.5 Å². The highest BCUT2D eigenvalue weighted by Gasteiger charge is 2.38. The van der Waals surface area contributed by atoms with Gasteiger partial charge < -0.3 is 20.7 Å². The average Bonchev–Trinajstić information content (AvgIpc) is 2.76. The van der Waals surface area contributed by atoms with E-state index in [0.29, 0.717) is 10.8 Å². The van der Waals surface area contributed by atoms with Crippen molar-refractivity contribution in [2.45, 2.75) is 23.3 Å². The first-order valence-electron chi connectivity index (χ1n) is 8.61. The van der Waals surface area contributed by atoms with E-state index in [2.05, 4.69) is 14.4 Å². The molecule has 1 aromatic heterocycles. The van der Waals surface area contributed by atoms with Crippen LogP contribution in [0, 0.1) is 0 Å². The van der Waals surface area contributed by atoms with Gasteiger partial charge in [0.1, 0.15) is 6.04 Å². The summed E-state index contributed by atoms with van der Waals surface area (Å²) in [7, 11) is -2.74. The molecular formula is C17H17F6N3O8S. The Labute approximate surface area is 192 Å². The van der Waals surface area contributed by atoms with Crippen LogP contribution in [0.3, 0.4) is 0 Å². The van der Waals surface area contributed by atoms with Crippen molar-refractivity contribution < 1.29 is 64.1 Å². The van der Waals surface area contributed by atoms with Crippen molar-refractivity contribution in [3.05, 3.63) is 36.7 Å². The zero-order chi connectivity index (χ0) is 27.6. The summed E-state index contributed by atoms with van der Waals surface area (Å²) >= 11 is 0. The molecule has 0 fully saturated rings. The quantitative estimate of drug-likeness (QED) is 0.320. The average molecular weight is 537 g/mol. The number of rotatable bonds is 5. The van der Waals surface area contributed by atoms with E-state index < -0.39 is 46.3 Å². The van der Waals surface area contributed by atoms with Crippen LogP contribution in [0.25, 0.3) is 10.8 Å². The van der Waals surface area contributed by atoms with Crippen LogP contribution in [-0.4, -0.2) is 73.6 Å². The number of nitrogens with two attached hydrogens (primary N) is 1. The molecule has 1 aromatic carbocycles. The number of pyridine rings is 1. The van der Waals surface area contributed by atoms with E-state index in [9.17, 15) is 39.6 Å². The Kier molecular flexibility index (Phi) is 11.5. The number of carboxylic acid groups (broad SMARTS) is 2. The number of nitrogens with zero attached hydrogens (tertiary/aromatic N) is 1. The lowest BCUT2D eigenvalue weighted by molar-refractivity contribution is -0.193. The molecule has 0 amide bonds. The number of hydrogen-bond acceptors (Lipinski definition) is 8. The number of ether oxygens (including phenoxy) is 1. The van der Waals surface area contributed by atoms with Crippen LogP contribution in [0.2, 0.25) is 0 Å². The fourth-order valence-corrected chi connectivity index (χ4v) is 3.34. The molecule has 0 aliphatic carbocycles. The van der Waals surface area contributed by atoms with Crippen LogP contribution < -0.4 is 10.5 Å². The summed E-state index contributed by atoms with van der Waals surface area (Å²) < 4.78 is 95.1. The predicted molar refractivity (Wildman–Crippen MR) is 104 cm³/mol. The number of sulfonamides is 1. The lowest BCUT2D eigenvalue weighted by atomic mass is 10.2. The molecule has 11 nitrogen and oxygen atoms in total. The molecule has 0 bridgehead atoms. The van der Waals surface area contributed by atoms with Gasteiger partial charge in [-0.1, -0.05) is 12.1 Å². The zero-order valence-electron chi connectivity index (χ0n) is 17.3. The standard InChI is InChI=1S/C13H15N3O4S.2C2HF3O2/c1-20-13(17)11(7-14)16-21(18,19)12-4-2-3-9-8-15-6-5-10(9)12;2*3-2(4,5)1(6)7/h2-6,8,11,16H,7,14H2,1H3;2*(H,6,7)/t11-;;/m0../s1. The number of benzene rings is 1. The summed E-state index contributed by atoms with van der Waals surface area (Å²) in [6.45, 7) is -0.196. The number of hydrogen-bond donors (Lipinski definition) is 4. The first kappa shape index (κ1) is 31.5. The van der Waals surface area contributed by atoms with Gasteiger partial charge in [0, 0.05) is 29.7 Å². The number of alkyl halides is 6. The van der Waals surface area contributed by atoms with Crippen molar-refractivity contribution in [3.63, 3.8) is 0 Å². The molecule has 2 aromatic rings. The van der Waals surface area contributed by atoms with Gasteiger partial charge in [-0.3, -0.25) is 9.78 Å². The molecule has 0 saturated carbocycles. The van der Waals surface area contributed by atoms with E-state index in [1.807, 2.05) is 0 Å². The summed E-state index contributed by atoms with van der Waals surface area (Å²) in [4.78, 5) is 33.3. The highest BCUT2D eigenvalue weighted by atomic mass is 32.2. The van der Waals surface area contributed by atoms with Crippen LogP contribution in [0.4, 0.5) is 26.3 Å². The highest BCUT2D eigenvalue weighted by molar-refractivity contribution is 7.89. The number of halogens is 6. The van der Waals surface area contributed by atoms with Crippen molar-refractivity contribution in [3.8, 4) is 0 Å². The lowest BCUT2D eigenvalue weighted by Crippen LogP contribution is -2.46. The topological polar surface area (TPSA) is 186 Å². The van der Waals surface area contributed by atoms with Crippen molar-refractivity contribution in [2.75, 3.05) is 13.7 Å². The highest BCUT2D eigenvalue weighted by Crippen LogP contribution is 2.22. The molecule has 18 heteroatoms. The van der Waals surface area contributed by atoms with Crippen LogP contribution in [0.15, 0.2) is 41.6 Å². The lowest BCUT2D eigenvalue weighted by Gasteiger charge is -2.15. The van der Waals surface area contributed by atoms with E-state index in [1.165, 1.54) is 19.4 Å². The number of fused-ring (bicyclic) bond motifs is 1. The minimum atomic E-state index is -5.08. The Morgan fingerprint density at radius 3 is 1.94 bits per heavy atom. The molecule has 2 rings (SSSR count). The minimum Gasteiger partial charge on any atom is -0.475 e. The molecule has 0 spiro atoms. The monoisotopic (exact) mass is 537 g/mol. The molecule has 0 saturated heterocycles. The van der Waals surface area contributed by atoms with Gasteiger partial charge in [-0.05, 0) is 12.1 Å². The summed E-state index contributed by atoms with van der Waals surface area (Å²) in [6.07, 6.45) is -7.10. The second-order valence-corrected chi connectivity index (χ2v) is 7.57. The number of aromatic nitrogens is 1. The van der Waals surface area contributed by atoms with Gasteiger partial charge in [-0.2, -0.15) is 31.1 Å². The first-order valence-corrected chi connectivity index (χ1v) is 10.1. The minimum absolute atomic E-state index is 0.0600. The number of carboxylic acids is 2. The largest absolute Gasteiger partial charge is 0.490 e. The van der Waals surface area contributed by atoms with Gasteiger partial charge >= 0.3 is 30.3 Å². The third-order valence-corrected chi connectivity index (χ3v) is 4.96. The number of esters is 1. The smallest absolute Gasteiger partial charge is 0.475 e. The van der Waals surface area contributed by atoms with Gasteiger partial charge in [0.05, 0.1) is 12.0 Å². The third-order valence-electron chi connectivity index (χ3n) is 3.43. The van der Waals surface area contributed by atoms with Crippen LogP contribution >= 0.6 is 0 Å². The molecule has 1 heterocycles. The van der Waals surface area contributed by atoms with E-state index in [0.717, 1.165) is 0 Å². The number of aliphatic carboxylic acids is 2. The fraction of sp³-hybridized carbons (Fsp3) is 0.294. The molecule has 0 aliphatic rings. The maximum absolute atomic E-state index is 12.4. The van der Waals surface area contributed by atoms with Crippen LogP contribution in [-0.2, 0) is 29.1 Å². The molecule has 196 valence electrons. The molecular weight excluding hydrogens is 520 g/mol. The molecule has 1 atom stereocenters. The van der Waals surface area contributed by atoms with E-state index in [-0.39, 0.29) is 11.4 Å². The first-order chi connectivity index (χ1) is 15.9. The summed E-state index contributed by atoms with van der Waals surface area (Å²) in [5.74, 6) is -6.25. The maximum Gasteiger partial charge on any atom is 0.490 e. The molecule has 0 radical (unpaired) electrons. The Morgan fingerprint density at radius 2 is 1.54 bits per heavy atom. The Bertz CT molecular complexity index is 1110. The van der Waals surface area contributed by atoms with Gasteiger partial charge in [0.25, 0.3) is 0 Å². The molecule has 0 unspecified atom stereocenters. The molecule has 0 aliphatic heterocycles. The summed E-state index contributed by atoms with van der Waals surface area (Å²) in [6, 6.07) is 5.28. The number of nitrogens with one attached hydrogen (secondary N) is 1.